The number of carbonyl (C=O) groups is 1. The van der Waals surface area contributed by atoms with E-state index in [0.717, 1.165) is 29.1 Å². The first-order valence-corrected chi connectivity index (χ1v) is 8.14. The number of imidazole rings is 1. The molecule has 1 saturated heterocycles. The maximum absolute atomic E-state index is 12.8. The van der Waals surface area contributed by atoms with Gasteiger partial charge in [0.15, 0.2) is 0 Å². The molecule has 1 aliphatic rings. The number of rotatable bonds is 2. The average molecular weight is 321 g/mol. The second-order valence-corrected chi connectivity index (χ2v) is 6.39. The molecule has 1 amide bonds. The van der Waals surface area contributed by atoms with Gasteiger partial charge in [0.2, 0.25) is 0 Å². The molecule has 0 saturated carbocycles. The Labute approximate surface area is 140 Å². The van der Waals surface area contributed by atoms with Crippen LogP contribution in [0.25, 0.3) is 5.65 Å². The Balaban J connectivity index is 1.54. The van der Waals surface area contributed by atoms with Gasteiger partial charge in [0.25, 0.3) is 5.91 Å². The fraction of sp³-hybridized carbons (Fsp3) is 0.333. The highest BCUT2D eigenvalue weighted by Crippen LogP contribution is 2.25. The van der Waals surface area contributed by atoms with E-state index in [2.05, 4.69) is 15.0 Å². The Bertz CT molecular complexity index is 917. The third-order valence-corrected chi connectivity index (χ3v) is 4.47. The molecule has 24 heavy (non-hydrogen) atoms. The third kappa shape index (κ3) is 2.64. The minimum Gasteiger partial charge on any atom is -0.337 e. The summed E-state index contributed by atoms with van der Waals surface area (Å²) in [6.45, 7) is 5.35. The van der Waals surface area contributed by atoms with Crippen LogP contribution in [0.15, 0.2) is 36.8 Å². The van der Waals surface area contributed by atoms with Gasteiger partial charge in [-0.15, -0.1) is 0 Å². The number of amides is 1. The van der Waals surface area contributed by atoms with Crippen molar-refractivity contribution in [2.45, 2.75) is 26.2 Å². The van der Waals surface area contributed by atoms with Gasteiger partial charge in [0.1, 0.15) is 17.2 Å². The maximum Gasteiger partial charge on any atom is 0.274 e. The Morgan fingerprint density at radius 3 is 2.88 bits per heavy atom. The van der Waals surface area contributed by atoms with Gasteiger partial charge < -0.3 is 9.30 Å². The number of likely N-dealkylation sites (tertiary alicyclic amines) is 1. The van der Waals surface area contributed by atoms with Crippen molar-refractivity contribution >= 4 is 11.6 Å². The zero-order valence-electron chi connectivity index (χ0n) is 13.8. The van der Waals surface area contributed by atoms with E-state index >= 15 is 0 Å². The Morgan fingerprint density at radius 1 is 1.17 bits per heavy atom. The van der Waals surface area contributed by atoms with Gasteiger partial charge in [-0.25, -0.2) is 15.0 Å². The van der Waals surface area contributed by atoms with Gasteiger partial charge in [-0.3, -0.25) is 4.79 Å². The van der Waals surface area contributed by atoms with Crippen LogP contribution in [0.3, 0.4) is 0 Å². The summed E-state index contributed by atoms with van der Waals surface area (Å²) in [4.78, 5) is 27.9. The molecule has 0 radical (unpaired) electrons. The van der Waals surface area contributed by atoms with Crippen molar-refractivity contribution in [3.63, 3.8) is 0 Å². The normalized spacial score (nSPS) is 17.6. The molecule has 1 aliphatic heterocycles. The van der Waals surface area contributed by atoms with E-state index in [1.807, 2.05) is 47.5 Å². The van der Waals surface area contributed by atoms with Crippen molar-refractivity contribution in [3.8, 4) is 0 Å². The molecule has 0 aliphatic carbocycles. The molecule has 1 fully saturated rings. The summed E-state index contributed by atoms with van der Waals surface area (Å²) in [7, 11) is 0. The molecule has 4 heterocycles. The highest BCUT2D eigenvalue weighted by atomic mass is 16.2. The van der Waals surface area contributed by atoms with E-state index in [0.29, 0.717) is 18.8 Å². The maximum atomic E-state index is 12.8. The van der Waals surface area contributed by atoms with Gasteiger partial charge in [-0.1, -0.05) is 6.07 Å². The van der Waals surface area contributed by atoms with Crippen molar-refractivity contribution in [2.24, 2.45) is 0 Å². The highest BCUT2D eigenvalue weighted by molar-refractivity contribution is 5.93. The Morgan fingerprint density at radius 2 is 2.04 bits per heavy atom. The van der Waals surface area contributed by atoms with Crippen molar-refractivity contribution in [1.82, 2.24) is 24.3 Å². The first-order valence-electron chi connectivity index (χ1n) is 8.14. The highest BCUT2D eigenvalue weighted by Gasteiger charge is 2.30. The first-order chi connectivity index (χ1) is 11.6. The lowest BCUT2D eigenvalue weighted by Gasteiger charge is -2.14. The van der Waals surface area contributed by atoms with E-state index in [-0.39, 0.29) is 11.8 Å². The fourth-order valence-electron chi connectivity index (χ4n) is 3.19. The molecule has 0 bridgehead atoms. The Hall–Kier alpha value is -2.76. The van der Waals surface area contributed by atoms with Crippen molar-refractivity contribution in [2.75, 3.05) is 13.1 Å². The SMILES string of the molecule is Cc1ccc2nc(C(=O)N3CCC(c4nccc(C)n4)C3)cn2c1. The molecule has 3 aromatic rings. The number of pyridine rings is 1. The number of aryl methyl sites for hydroxylation is 2. The lowest BCUT2D eigenvalue weighted by molar-refractivity contribution is 0.0785. The second kappa shape index (κ2) is 5.70. The molecule has 1 unspecified atom stereocenters. The number of fused-ring (bicyclic) bond motifs is 1. The minimum atomic E-state index is -0.0218. The van der Waals surface area contributed by atoms with Gasteiger partial charge in [-0.05, 0) is 38.0 Å². The predicted molar refractivity (Wildman–Crippen MR) is 90.0 cm³/mol. The van der Waals surface area contributed by atoms with Crippen LogP contribution in [0.1, 0.15) is 39.9 Å². The van der Waals surface area contributed by atoms with Gasteiger partial charge in [0.05, 0.1) is 0 Å². The second-order valence-electron chi connectivity index (χ2n) is 6.39. The molecule has 3 aromatic heterocycles. The molecular formula is C18H19N5O. The zero-order valence-corrected chi connectivity index (χ0v) is 13.8. The van der Waals surface area contributed by atoms with Crippen LogP contribution in [0, 0.1) is 13.8 Å². The van der Waals surface area contributed by atoms with E-state index < -0.39 is 0 Å². The van der Waals surface area contributed by atoms with E-state index in [4.69, 9.17) is 0 Å². The average Bonchev–Trinajstić information content (AvgIpc) is 3.21. The minimum absolute atomic E-state index is 0.0218. The standard InChI is InChI=1S/C18H19N5O/c1-12-3-4-16-21-15(11-23(16)9-12)18(24)22-8-6-14(10-22)17-19-7-5-13(2)20-17/h3-5,7,9,11,14H,6,8,10H2,1-2H3. The van der Waals surface area contributed by atoms with E-state index in [1.54, 1.807) is 12.4 Å². The zero-order chi connectivity index (χ0) is 16.7. The monoisotopic (exact) mass is 321 g/mol. The van der Waals surface area contributed by atoms with E-state index in [9.17, 15) is 4.79 Å². The fourth-order valence-corrected chi connectivity index (χ4v) is 3.19. The largest absolute Gasteiger partial charge is 0.337 e. The smallest absolute Gasteiger partial charge is 0.274 e. The van der Waals surface area contributed by atoms with Crippen LogP contribution in [-0.2, 0) is 0 Å². The summed E-state index contributed by atoms with van der Waals surface area (Å²) in [6, 6.07) is 5.82. The molecular weight excluding hydrogens is 302 g/mol. The van der Waals surface area contributed by atoms with Crippen LogP contribution in [0.2, 0.25) is 0 Å². The first kappa shape index (κ1) is 14.8. The topological polar surface area (TPSA) is 63.4 Å². The molecule has 1 atom stereocenters. The Kier molecular flexibility index (Phi) is 3.52. The molecule has 0 aromatic carbocycles. The van der Waals surface area contributed by atoms with Crippen molar-refractivity contribution in [3.05, 3.63) is 59.6 Å². The van der Waals surface area contributed by atoms with Gasteiger partial charge >= 0.3 is 0 Å². The van der Waals surface area contributed by atoms with Gasteiger partial charge in [-0.2, -0.15) is 0 Å². The number of carbonyl (C=O) groups excluding carboxylic acids is 1. The summed E-state index contributed by atoms with van der Waals surface area (Å²) in [5.74, 6) is 1.01. The number of aromatic nitrogens is 4. The lowest BCUT2D eigenvalue weighted by Crippen LogP contribution is -2.28. The van der Waals surface area contributed by atoms with E-state index in [1.165, 1.54) is 0 Å². The van der Waals surface area contributed by atoms with Crippen LogP contribution in [-0.4, -0.2) is 43.2 Å². The van der Waals surface area contributed by atoms with Crippen LogP contribution < -0.4 is 0 Å². The molecule has 6 nitrogen and oxygen atoms in total. The van der Waals surface area contributed by atoms with Crippen LogP contribution >= 0.6 is 0 Å². The third-order valence-electron chi connectivity index (χ3n) is 4.47. The molecule has 122 valence electrons. The molecule has 6 heteroatoms. The van der Waals surface area contributed by atoms with Crippen LogP contribution in [0.4, 0.5) is 0 Å². The van der Waals surface area contributed by atoms with Crippen LogP contribution in [0.5, 0.6) is 0 Å². The predicted octanol–water partition coefficient (Wildman–Crippen LogP) is 2.37. The molecule has 0 spiro atoms. The molecule has 4 rings (SSSR count). The van der Waals surface area contributed by atoms with Crippen molar-refractivity contribution < 1.29 is 4.79 Å². The number of nitrogens with zero attached hydrogens (tertiary/aromatic N) is 5. The number of hydrogen-bond donors (Lipinski definition) is 0. The summed E-state index contributed by atoms with van der Waals surface area (Å²) in [5.41, 5.74) is 3.38. The number of hydrogen-bond acceptors (Lipinski definition) is 4. The summed E-state index contributed by atoms with van der Waals surface area (Å²) in [5, 5.41) is 0. The molecule has 0 N–H and O–H groups in total. The lowest BCUT2D eigenvalue weighted by atomic mass is 10.1. The quantitative estimate of drug-likeness (QED) is 0.727. The van der Waals surface area contributed by atoms with Crippen molar-refractivity contribution in [1.29, 1.82) is 0 Å². The summed E-state index contributed by atoms with van der Waals surface area (Å²) >= 11 is 0. The summed E-state index contributed by atoms with van der Waals surface area (Å²) in [6.07, 6.45) is 6.46. The summed E-state index contributed by atoms with van der Waals surface area (Å²) < 4.78 is 1.90. The van der Waals surface area contributed by atoms with Gasteiger partial charge in [0, 0.05) is 43.3 Å².